The molecular weight excluding hydrogens is 689 g/mol. The fourth-order valence-corrected chi connectivity index (χ4v) is 9.39. The first-order valence-electron chi connectivity index (χ1n) is 19.7. The zero-order valence-corrected chi connectivity index (χ0v) is 31.9. The van der Waals surface area contributed by atoms with Crippen LogP contribution in [0.25, 0.3) is 99.6 Å². The summed E-state index contributed by atoms with van der Waals surface area (Å²) in [6.45, 7) is 4.76. The Balaban J connectivity index is 1.11. The van der Waals surface area contributed by atoms with Crippen LogP contribution in [0.5, 0.6) is 0 Å². The van der Waals surface area contributed by atoms with E-state index in [1.165, 1.54) is 60.3 Å². The van der Waals surface area contributed by atoms with Gasteiger partial charge in [-0.3, -0.25) is 0 Å². The molecule has 268 valence electrons. The van der Waals surface area contributed by atoms with Crippen molar-refractivity contribution in [2.75, 3.05) is 0 Å². The Morgan fingerprint density at radius 1 is 0.351 bits per heavy atom. The van der Waals surface area contributed by atoms with E-state index in [9.17, 15) is 0 Å². The molecule has 9 aromatic carbocycles. The highest BCUT2D eigenvalue weighted by atomic mass is 14.9. The van der Waals surface area contributed by atoms with Crippen molar-refractivity contribution < 1.29 is 0 Å². The van der Waals surface area contributed by atoms with Gasteiger partial charge in [0.05, 0.1) is 11.4 Å². The minimum Gasteiger partial charge on any atom is -0.228 e. The molecule has 0 saturated carbocycles. The Kier molecular flexibility index (Phi) is 7.55. The third-order valence-corrected chi connectivity index (χ3v) is 12.1. The van der Waals surface area contributed by atoms with Crippen LogP contribution < -0.4 is 0 Å². The number of hydrogen-bond donors (Lipinski definition) is 0. The normalized spacial score (nSPS) is 12.9. The van der Waals surface area contributed by atoms with Crippen LogP contribution in [0.4, 0.5) is 0 Å². The number of fused-ring (bicyclic) bond motifs is 7. The zero-order chi connectivity index (χ0) is 38.1. The van der Waals surface area contributed by atoms with Crippen molar-refractivity contribution in [3.8, 4) is 67.3 Å². The van der Waals surface area contributed by atoms with Crippen molar-refractivity contribution >= 4 is 32.3 Å². The van der Waals surface area contributed by atoms with Crippen molar-refractivity contribution in [3.05, 3.63) is 205 Å². The van der Waals surface area contributed by atoms with Gasteiger partial charge >= 0.3 is 0 Å². The first-order valence-corrected chi connectivity index (χ1v) is 19.7. The minimum atomic E-state index is -0.133. The van der Waals surface area contributed by atoms with Crippen molar-refractivity contribution in [3.63, 3.8) is 0 Å². The molecule has 0 radical (unpaired) electrons. The number of nitrogens with zero attached hydrogens (tertiary/aromatic N) is 2. The van der Waals surface area contributed by atoms with Gasteiger partial charge in [0.2, 0.25) is 0 Å². The Labute approximate surface area is 332 Å². The Morgan fingerprint density at radius 3 is 1.74 bits per heavy atom. The van der Waals surface area contributed by atoms with Crippen LogP contribution in [-0.4, -0.2) is 9.97 Å². The molecule has 0 aliphatic heterocycles. The fraction of sp³-hybridized carbons (Fsp3) is 0.0545. The van der Waals surface area contributed by atoms with E-state index in [1.807, 2.05) is 6.07 Å². The van der Waals surface area contributed by atoms with Crippen LogP contribution in [0, 0.1) is 0 Å². The van der Waals surface area contributed by atoms with Gasteiger partial charge in [0, 0.05) is 22.1 Å². The molecule has 57 heavy (non-hydrogen) atoms. The lowest BCUT2D eigenvalue weighted by molar-refractivity contribution is 0.666. The van der Waals surface area contributed by atoms with E-state index in [2.05, 4.69) is 202 Å². The van der Waals surface area contributed by atoms with E-state index < -0.39 is 0 Å². The summed E-state index contributed by atoms with van der Waals surface area (Å²) in [6.07, 6.45) is 0. The number of hydrogen-bond acceptors (Lipinski definition) is 2. The summed E-state index contributed by atoms with van der Waals surface area (Å²) in [5.74, 6) is 0.705. The van der Waals surface area contributed by atoms with Gasteiger partial charge in [-0.15, -0.1) is 0 Å². The molecule has 2 heteroatoms. The monoisotopic (exact) mass is 726 g/mol. The molecule has 0 N–H and O–H groups in total. The van der Waals surface area contributed by atoms with Gasteiger partial charge in [0.1, 0.15) is 0 Å². The molecule has 10 aromatic rings. The molecule has 1 heterocycles. The molecular formula is C55H38N2. The van der Waals surface area contributed by atoms with E-state index in [-0.39, 0.29) is 5.41 Å². The van der Waals surface area contributed by atoms with E-state index in [0.29, 0.717) is 5.82 Å². The molecule has 0 unspecified atom stereocenters. The van der Waals surface area contributed by atoms with E-state index in [4.69, 9.17) is 9.97 Å². The summed E-state index contributed by atoms with van der Waals surface area (Å²) in [5, 5.41) is 7.43. The van der Waals surface area contributed by atoms with E-state index in [1.54, 1.807) is 0 Å². The van der Waals surface area contributed by atoms with Gasteiger partial charge in [0.15, 0.2) is 5.82 Å². The second-order valence-corrected chi connectivity index (χ2v) is 15.7. The number of rotatable bonds is 5. The van der Waals surface area contributed by atoms with Crippen LogP contribution in [-0.2, 0) is 5.41 Å². The summed E-state index contributed by atoms with van der Waals surface area (Å²) in [6, 6.07) is 70.1. The molecule has 0 amide bonds. The van der Waals surface area contributed by atoms with Crippen molar-refractivity contribution in [1.29, 1.82) is 0 Å². The average Bonchev–Trinajstić information content (AvgIpc) is 3.52. The Bertz CT molecular complexity index is 3210. The lowest BCUT2D eigenvalue weighted by Gasteiger charge is -2.23. The summed E-state index contributed by atoms with van der Waals surface area (Å²) < 4.78 is 0. The standard InChI is InChI=1S/C55H38N2/c1-55(2)49-26-14-25-47(52(49)48-30-29-36-16-8-9-21-41(36)53(48)55)44-31-32-46(43-23-12-11-22-42(43)44)51-34-50(56-54(57-51)37-17-4-3-5-18-37)45-24-13-10-20-40(45)39-28-27-35-15-6-7-19-38(35)33-39/h3-34H,1-2H3. The molecule has 2 nitrogen and oxygen atoms in total. The van der Waals surface area contributed by atoms with Crippen LogP contribution in [0.15, 0.2) is 194 Å². The average molecular weight is 727 g/mol. The van der Waals surface area contributed by atoms with Crippen molar-refractivity contribution in [2.45, 2.75) is 19.3 Å². The Hall–Kier alpha value is -7.16. The van der Waals surface area contributed by atoms with Crippen LogP contribution in [0.1, 0.15) is 25.0 Å². The molecule has 0 saturated heterocycles. The Morgan fingerprint density at radius 2 is 0.930 bits per heavy atom. The lowest BCUT2D eigenvalue weighted by Crippen LogP contribution is -2.15. The highest BCUT2D eigenvalue weighted by Gasteiger charge is 2.38. The number of benzene rings is 9. The third-order valence-electron chi connectivity index (χ3n) is 12.1. The van der Waals surface area contributed by atoms with Gasteiger partial charge in [-0.1, -0.05) is 196 Å². The van der Waals surface area contributed by atoms with Crippen LogP contribution >= 0.6 is 0 Å². The maximum absolute atomic E-state index is 5.32. The summed E-state index contributed by atoms with van der Waals surface area (Å²) >= 11 is 0. The highest BCUT2D eigenvalue weighted by Crippen LogP contribution is 2.55. The van der Waals surface area contributed by atoms with Gasteiger partial charge in [0.25, 0.3) is 0 Å². The maximum atomic E-state index is 5.32. The van der Waals surface area contributed by atoms with E-state index in [0.717, 1.165) is 44.6 Å². The highest BCUT2D eigenvalue weighted by molar-refractivity contribution is 6.09. The van der Waals surface area contributed by atoms with Crippen molar-refractivity contribution in [2.24, 2.45) is 0 Å². The lowest BCUT2D eigenvalue weighted by atomic mass is 9.80. The van der Waals surface area contributed by atoms with Crippen LogP contribution in [0.2, 0.25) is 0 Å². The first-order chi connectivity index (χ1) is 28.0. The second-order valence-electron chi connectivity index (χ2n) is 15.7. The van der Waals surface area contributed by atoms with E-state index >= 15 is 0 Å². The predicted molar refractivity (Wildman–Crippen MR) is 239 cm³/mol. The molecule has 1 aliphatic rings. The topological polar surface area (TPSA) is 25.8 Å². The SMILES string of the molecule is CC1(C)c2cccc(-c3ccc(-c4cc(-c5ccccc5-c5ccc6ccccc6c5)nc(-c5ccccc5)n4)c4ccccc34)c2-c2ccc3ccccc3c21. The molecule has 0 fully saturated rings. The summed E-state index contributed by atoms with van der Waals surface area (Å²) in [4.78, 5) is 10.6. The third kappa shape index (κ3) is 5.33. The smallest absolute Gasteiger partial charge is 0.160 e. The predicted octanol–water partition coefficient (Wildman–Crippen LogP) is 14.6. The maximum Gasteiger partial charge on any atom is 0.160 e. The second kappa shape index (κ2) is 13.0. The molecule has 0 bridgehead atoms. The quantitative estimate of drug-likeness (QED) is 0.176. The molecule has 11 rings (SSSR count). The zero-order valence-electron chi connectivity index (χ0n) is 31.9. The van der Waals surface area contributed by atoms with Gasteiger partial charge in [-0.2, -0.15) is 0 Å². The largest absolute Gasteiger partial charge is 0.228 e. The molecule has 0 atom stereocenters. The molecule has 1 aliphatic carbocycles. The summed E-state index contributed by atoms with van der Waals surface area (Å²) in [5.41, 5.74) is 15.0. The van der Waals surface area contributed by atoms with Gasteiger partial charge in [-0.05, 0) is 89.0 Å². The number of aromatic nitrogens is 2. The molecule has 1 aromatic heterocycles. The van der Waals surface area contributed by atoms with Gasteiger partial charge in [-0.25, -0.2) is 9.97 Å². The summed E-state index contributed by atoms with van der Waals surface area (Å²) in [7, 11) is 0. The van der Waals surface area contributed by atoms with Gasteiger partial charge < -0.3 is 0 Å². The van der Waals surface area contributed by atoms with Crippen molar-refractivity contribution in [1.82, 2.24) is 9.97 Å². The van der Waals surface area contributed by atoms with Crippen LogP contribution in [0.3, 0.4) is 0 Å². The minimum absolute atomic E-state index is 0.133. The fourth-order valence-electron chi connectivity index (χ4n) is 9.39. The molecule has 0 spiro atoms. The first kappa shape index (κ1) is 33.2.